The lowest BCUT2D eigenvalue weighted by Crippen LogP contribution is -2.22. The predicted octanol–water partition coefficient (Wildman–Crippen LogP) is 0.617. The van der Waals surface area contributed by atoms with Crippen LogP contribution in [-0.2, 0) is 0 Å². The van der Waals surface area contributed by atoms with Crippen LogP contribution in [0.15, 0.2) is 35.4 Å². The van der Waals surface area contributed by atoms with E-state index in [9.17, 15) is 14.0 Å². The highest BCUT2D eigenvalue weighted by atomic mass is 19.1. The molecule has 0 spiro atoms. The first-order valence-electron chi connectivity index (χ1n) is 5.68. The van der Waals surface area contributed by atoms with E-state index >= 15 is 0 Å². The first-order chi connectivity index (χ1) is 9.56. The van der Waals surface area contributed by atoms with Crippen molar-refractivity contribution in [3.05, 3.63) is 52.5 Å². The van der Waals surface area contributed by atoms with Gasteiger partial charge >= 0.3 is 5.56 Å². The third-order valence-corrected chi connectivity index (χ3v) is 2.69. The zero-order valence-corrected chi connectivity index (χ0v) is 10.3. The van der Waals surface area contributed by atoms with E-state index < -0.39 is 11.3 Å². The van der Waals surface area contributed by atoms with Crippen LogP contribution in [0.25, 0.3) is 11.5 Å². The van der Waals surface area contributed by atoms with Crippen LogP contribution < -0.4 is 5.56 Å². The molecule has 3 rings (SSSR count). The molecular formula is C12H8FN5O2. The Balaban J connectivity index is 2.24. The summed E-state index contributed by atoms with van der Waals surface area (Å²) < 4.78 is 15.5. The summed E-state index contributed by atoms with van der Waals surface area (Å²) in [6.07, 6.45) is 1.32. The number of benzene rings is 1. The second-order valence-electron chi connectivity index (χ2n) is 4.09. The summed E-state index contributed by atoms with van der Waals surface area (Å²) >= 11 is 0. The number of ketones is 1. The summed E-state index contributed by atoms with van der Waals surface area (Å²) in [5.74, 6) is -0.703. The largest absolute Gasteiger partial charge is 0.304 e. The number of hydrogen-bond donors (Lipinski definition) is 0. The molecule has 0 atom stereocenters. The molecule has 7 nitrogen and oxygen atoms in total. The van der Waals surface area contributed by atoms with E-state index in [1.807, 2.05) is 0 Å². The second kappa shape index (κ2) is 4.34. The Morgan fingerprint density at radius 2 is 1.95 bits per heavy atom. The van der Waals surface area contributed by atoms with Gasteiger partial charge in [-0.15, -0.1) is 0 Å². The third-order valence-electron chi connectivity index (χ3n) is 2.69. The molecule has 0 saturated heterocycles. The maximum atomic E-state index is 12.9. The Kier molecular flexibility index (Phi) is 2.63. The lowest BCUT2D eigenvalue weighted by atomic mass is 10.3. The van der Waals surface area contributed by atoms with E-state index in [1.165, 1.54) is 46.7 Å². The molecule has 2 aromatic heterocycles. The second-order valence-corrected chi connectivity index (χ2v) is 4.09. The highest BCUT2D eigenvalue weighted by molar-refractivity contribution is 5.91. The fourth-order valence-corrected chi connectivity index (χ4v) is 1.75. The van der Waals surface area contributed by atoms with Gasteiger partial charge in [0.15, 0.2) is 11.5 Å². The minimum Gasteiger partial charge on any atom is -0.292 e. The molecule has 0 bridgehead atoms. The number of carbonyl (C=O) groups excluding carboxylic acids is 1. The minimum absolute atomic E-state index is 0.145. The molecule has 1 aromatic carbocycles. The fourth-order valence-electron chi connectivity index (χ4n) is 1.75. The van der Waals surface area contributed by atoms with Gasteiger partial charge in [-0.1, -0.05) is 0 Å². The maximum Gasteiger partial charge on any atom is 0.304 e. The van der Waals surface area contributed by atoms with Gasteiger partial charge < -0.3 is 0 Å². The molecule has 0 aliphatic carbocycles. The van der Waals surface area contributed by atoms with Crippen molar-refractivity contribution in [1.82, 2.24) is 24.4 Å². The Labute approximate surface area is 111 Å². The zero-order valence-electron chi connectivity index (χ0n) is 10.3. The van der Waals surface area contributed by atoms with E-state index in [0.717, 1.165) is 0 Å². The lowest BCUT2D eigenvalue weighted by molar-refractivity contribution is 0.101. The van der Waals surface area contributed by atoms with E-state index in [2.05, 4.69) is 15.2 Å². The smallest absolute Gasteiger partial charge is 0.292 e. The zero-order chi connectivity index (χ0) is 14.3. The van der Waals surface area contributed by atoms with Gasteiger partial charge in [0.1, 0.15) is 12.1 Å². The van der Waals surface area contributed by atoms with Crippen molar-refractivity contribution in [2.24, 2.45) is 0 Å². The Hall–Kier alpha value is -2.90. The van der Waals surface area contributed by atoms with Crippen LogP contribution in [0.5, 0.6) is 0 Å². The minimum atomic E-state index is -0.721. The number of carbonyl (C=O) groups is 1. The van der Waals surface area contributed by atoms with Crippen LogP contribution in [-0.4, -0.2) is 30.2 Å². The highest BCUT2D eigenvalue weighted by Gasteiger charge is 2.14. The van der Waals surface area contributed by atoms with Crippen molar-refractivity contribution in [3.63, 3.8) is 0 Å². The SMILES string of the molecule is CC(=O)c1nn2cnn(-c3ccc(F)cc3)c2nc1=O. The molecule has 0 unspecified atom stereocenters. The van der Waals surface area contributed by atoms with Crippen molar-refractivity contribution in [2.45, 2.75) is 6.92 Å². The summed E-state index contributed by atoms with van der Waals surface area (Å²) in [6, 6.07) is 5.52. The van der Waals surface area contributed by atoms with Gasteiger partial charge in [0.05, 0.1) is 5.69 Å². The summed E-state index contributed by atoms with van der Waals surface area (Å²) in [4.78, 5) is 26.7. The first-order valence-corrected chi connectivity index (χ1v) is 5.68. The molecule has 100 valence electrons. The monoisotopic (exact) mass is 273 g/mol. The maximum absolute atomic E-state index is 12.9. The molecule has 3 aromatic rings. The Morgan fingerprint density at radius 3 is 2.60 bits per heavy atom. The van der Waals surface area contributed by atoms with Crippen LogP contribution in [0.4, 0.5) is 4.39 Å². The van der Waals surface area contributed by atoms with E-state index in [-0.39, 0.29) is 17.3 Å². The van der Waals surface area contributed by atoms with Gasteiger partial charge in [0.25, 0.3) is 5.78 Å². The molecule has 20 heavy (non-hydrogen) atoms. The van der Waals surface area contributed by atoms with Crippen LogP contribution in [0.2, 0.25) is 0 Å². The lowest BCUT2D eigenvalue weighted by Gasteiger charge is -2.01. The van der Waals surface area contributed by atoms with Gasteiger partial charge in [0.2, 0.25) is 0 Å². The van der Waals surface area contributed by atoms with Crippen LogP contribution in [0.1, 0.15) is 17.4 Å². The van der Waals surface area contributed by atoms with Crippen LogP contribution in [0, 0.1) is 5.82 Å². The Morgan fingerprint density at radius 1 is 1.25 bits per heavy atom. The van der Waals surface area contributed by atoms with Crippen LogP contribution >= 0.6 is 0 Å². The standard InChI is InChI=1S/C12H8FN5O2/c1-7(19)10-11(20)15-12-17(16-10)6-14-18(12)9-4-2-8(13)3-5-9/h2-6H,1H3. The summed E-state index contributed by atoms with van der Waals surface area (Å²) in [5, 5.41) is 7.89. The van der Waals surface area contributed by atoms with Crippen molar-refractivity contribution < 1.29 is 9.18 Å². The van der Waals surface area contributed by atoms with E-state index in [0.29, 0.717) is 5.69 Å². The quantitative estimate of drug-likeness (QED) is 0.639. The van der Waals surface area contributed by atoms with E-state index in [1.54, 1.807) is 0 Å². The highest BCUT2D eigenvalue weighted by Crippen LogP contribution is 2.10. The molecule has 8 heteroatoms. The topological polar surface area (TPSA) is 82.2 Å². The summed E-state index contributed by atoms with van der Waals surface area (Å²) in [6.45, 7) is 1.24. The van der Waals surface area contributed by atoms with Crippen molar-refractivity contribution in [3.8, 4) is 5.69 Å². The number of Topliss-reactive ketones (excluding diaryl/α,β-unsaturated/α-hetero) is 1. The first kappa shape index (κ1) is 12.2. The predicted molar refractivity (Wildman–Crippen MR) is 66.3 cm³/mol. The number of rotatable bonds is 2. The molecule has 0 fully saturated rings. The van der Waals surface area contributed by atoms with Gasteiger partial charge in [-0.2, -0.15) is 24.4 Å². The van der Waals surface area contributed by atoms with Gasteiger partial charge in [-0.3, -0.25) is 9.59 Å². The average molecular weight is 273 g/mol. The van der Waals surface area contributed by atoms with Crippen molar-refractivity contribution in [1.29, 1.82) is 0 Å². The third kappa shape index (κ3) is 1.87. The van der Waals surface area contributed by atoms with Crippen LogP contribution in [0.3, 0.4) is 0 Å². The molecule has 0 aliphatic heterocycles. The Bertz CT molecular complexity index is 866. The molecule has 0 saturated carbocycles. The van der Waals surface area contributed by atoms with E-state index in [4.69, 9.17) is 0 Å². The summed E-state index contributed by atoms with van der Waals surface area (Å²) in [7, 11) is 0. The molecule has 0 N–H and O–H groups in total. The number of hydrogen-bond acceptors (Lipinski definition) is 5. The fraction of sp³-hybridized carbons (Fsp3) is 0.0833. The number of nitrogens with zero attached hydrogens (tertiary/aromatic N) is 5. The number of halogens is 1. The molecule has 2 heterocycles. The molecule has 0 aliphatic rings. The van der Waals surface area contributed by atoms with Crippen molar-refractivity contribution in [2.75, 3.05) is 0 Å². The molecular weight excluding hydrogens is 265 g/mol. The van der Waals surface area contributed by atoms with Gasteiger partial charge in [-0.05, 0) is 24.3 Å². The molecule has 0 radical (unpaired) electrons. The normalized spacial score (nSPS) is 10.9. The van der Waals surface area contributed by atoms with Gasteiger partial charge in [0, 0.05) is 6.92 Å². The number of aromatic nitrogens is 5. The average Bonchev–Trinajstić information content (AvgIpc) is 2.81. The van der Waals surface area contributed by atoms with Crippen molar-refractivity contribution >= 4 is 11.6 Å². The molecule has 0 amide bonds. The summed E-state index contributed by atoms with van der Waals surface area (Å²) in [5.41, 5.74) is -0.444. The number of fused-ring (bicyclic) bond motifs is 1. The van der Waals surface area contributed by atoms with Gasteiger partial charge in [-0.25, -0.2) is 4.39 Å².